The summed E-state index contributed by atoms with van der Waals surface area (Å²) in [6.07, 6.45) is -0.627. The van der Waals surface area contributed by atoms with Gasteiger partial charge in [-0.3, -0.25) is 9.62 Å². The number of nitriles is 1. The first-order chi connectivity index (χ1) is 15.8. The number of benzene rings is 2. The third kappa shape index (κ3) is 7.64. The molecule has 10 heteroatoms. The Balaban J connectivity index is 0.000000945. The van der Waals surface area contributed by atoms with E-state index in [-0.39, 0.29) is 35.6 Å². The van der Waals surface area contributed by atoms with Crippen molar-refractivity contribution < 1.29 is 22.7 Å². The smallest absolute Gasteiger partial charge is 0.411 e. The minimum Gasteiger partial charge on any atom is -0.489 e. The van der Waals surface area contributed by atoms with Crippen LogP contribution in [0.25, 0.3) is 0 Å². The highest BCUT2D eigenvalue weighted by Gasteiger charge is 2.30. The summed E-state index contributed by atoms with van der Waals surface area (Å²) in [6.45, 7) is 6.36. The van der Waals surface area contributed by atoms with Crippen molar-refractivity contribution in [3.8, 4) is 11.8 Å². The van der Waals surface area contributed by atoms with Gasteiger partial charge in [-0.15, -0.1) is 0 Å². The van der Waals surface area contributed by atoms with E-state index in [9.17, 15) is 13.2 Å². The quantitative estimate of drug-likeness (QED) is 0.694. The van der Waals surface area contributed by atoms with Crippen molar-refractivity contribution >= 4 is 27.5 Å². The van der Waals surface area contributed by atoms with Gasteiger partial charge in [0, 0.05) is 5.69 Å². The third-order valence-electron chi connectivity index (χ3n) is 4.21. The Hall–Kier alpha value is -3.29. The second kappa shape index (κ2) is 11.2. The highest BCUT2D eigenvalue weighted by Crippen LogP contribution is 2.37. The van der Waals surface area contributed by atoms with E-state index in [0.29, 0.717) is 17.1 Å². The Morgan fingerprint density at radius 2 is 1.88 bits per heavy atom. The molecule has 9 nitrogen and oxygen atoms in total. The lowest BCUT2D eigenvalue weighted by Crippen LogP contribution is -2.38. The van der Waals surface area contributed by atoms with Gasteiger partial charge in [-0.25, -0.2) is 13.2 Å². The molecule has 0 saturated heterocycles. The van der Waals surface area contributed by atoms with Crippen LogP contribution in [0.15, 0.2) is 47.4 Å². The summed E-state index contributed by atoms with van der Waals surface area (Å²) < 4.78 is 38.4. The van der Waals surface area contributed by atoms with Gasteiger partial charge in [-0.05, 0) is 63.0 Å². The van der Waals surface area contributed by atoms with Crippen LogP contribution in [0.2, 0.25) is 0 Å². The van der Waals surface area contributed by atoms with Gasteiger partial charge in [0.15, 0.2) is 0 Å². The van der Waals surface area contributed by atoms with Crippen LogP contribution < -0.4 is 14.4 Å². The van der Waals surface area contributed by atoms with Crippen LogP contribution in [-0.2, 0) is 14.8 Å². The van der Waals surface area contributed by atoms with E-state index in [4.69, 9.17) is 14.7 Å². The number of carbonyl (C=O) groups is 1. The van der Waals surface area contributed by atoms with Gasteiger partial charge in [0.1, 0.15) is 12.4 Å². The maximum atomic E-state index is 13.2. The van der Waals surface area contributed by atoms with E-state index in [1.807, 2.05) is 52.9 Å². The first-order valence-electron chi connectivity index (χ1n) is 10.7. The molecule has 184 valence electrons. The number of hydrogen-bond acceptors (Lipinski definition) is 7. The molecule has 0 atom stereocenters. The fourth-order valence-electron chi connectivity index (χ4n) is 2.81. The lowest BCUT2D eigenvalue weighted by molar-refractivity contribution is 0.118. The molecule has 0 aromatic heterocycles. The maximum absolute atomic E-state index is 13.2. The summed E-state index contributed by atoms with van der Waals surface area (Å²) in [4.78, 5) is 14.1. The number of nitrogens with one attached hydrogen (secondary N) is 1. The Morgan fingerprint density at radius 3 is 2.50 bits per heavy atom. The molecular weight excluding hydrogens is 456 g/mol. The standard InChI is InChI=1S/C21H23N3O5S.C3H9N/c1-21(2,3)14-29-20(25)23-16-7-8-19-18(12-16)24(9-10-28-19)30(26,27)17-6-4-5-15(11-17)13-22;1-4(2)3/h4-8,11-12H,9-10,14H2,1-3H3,(H,23,25);1-3H3. The number of rotatable bonds is 4. The van der Waals surface area contributed by atoms with Crippen LogP contribution in [0.5, 0.6) is 5.75 Å². The average Bonchev–Trinajstić information content (AvgIpc) is 2.76. The monoisotopic (exact) mass is 488 g/mol. The van der Waals surface area contributed by atoms with Gasteiger partial charge in [0.2, 0.25) is 0 Å². The molecule has 0 radical (unpaired) electrons. The number of anilines is 2. The second-order valence-electron chi connectivity index (χ2n) is 9.35. The fourth-order valence-corrected chi connectivity index (χ4v) is 4.31. The first kappa shape index (κ1) is 27.0. The number of hydrogen-bond donors (Lipinski definition) is 1. The predicted molar refractivity (Wildman–Crippen MR) is 132 cm³/mol. The molecule has 34 heavy (non-hydrogen) atoms. The summed E-state index contributed by atoms with van der Waals surface area (Å²) in [5.41, 5.74) is 0.757. The lowest BCUT2D eigenvalue weighted by Gasteiger charge is -2.31. The topological polar surface area (TPSA) is 112 Å². The number of ether oxygens (including phenoxy) is 2. The zero-order valence-corrected chi connectivity index (χ0v) is 21.3. The minimum absolute atomic E-state index is 0.0114. The number of nitrogens with zero attached hydrogens (tertiary/aromatic N) is 3. The van der Waals surface area contributed by atoms with Gasteiger partial charge in [-0.1, -0.05) is 26.8 Å². The summed E-state index contributed by atoms with van der Waals surface area (Å²) in [6, 6.07) is 12.5. The van der Waals surface area contributed by atoms with Crippen molar-refractivity contribution in [3.05, 3.63) is 48.0 Å². The molecule has 0 spiro atoms. The lowest BCUT2D eigenvalue weighted by atomic mass is 9.99. The van der Waals surface area contributed by atoms with Crippen molar-refractivity contribution in [3.63, 3.8) is 0 Å². The number of carbonyl (C=O) groups excluding carboxylic acids is 1. The summed E-state index contributed by atoms with van der Waals surface area (Å²) in [5.74, 6) is 0.384. The molecular formula is C24H32N4O5S. The van der Waals surface area contributed by atoms with E-state index in [0.717, 1.165) is 0 Å². The van der Waals surface area contributed by atoms with Gasteiger partial charge in [0.05, 0.1) is 35.4 Å². The van der Waals surface area contributed by atoms with Crippen LogP contribution in [0.3, 0.4) is 0 Å². The molecule has 2 aromatic carbocycles. The molecule has 2 aromatic rings. The molecule has 3 rings (SSSR count). The van der Waals surface area contributed by atoms with Gasteiger partial charge >= 0.3 is 6.09 Å². The highest BCUT2D eigenvalue weighted by molar-refractivity contribution is 7.92. The van der Waals surface area contributed by atoms with E-state index in [1.165, 1.54) is 34.6 Å². The molecule has 1 aliphatic rings. The largest absolute Gasteiger partial charge is 0.489 e. The second-order valence-corrected chi connectivity index (χ2v) is 11.2. The van der Waals surface area contributed by atoms with Crippen molar-refractivity contribution in [1.82, 2.24) is 4.90 Å². The maximum Gasteiger partial charge on any atom is 0.411 e. The fraction of sp³-hybridized carbons (Fsp3) is 0.417. The minimum atomic E-state index is -3.92. The molecule has 1 heterocycles. The van der Waals surface area contributed by atoms with Gasteiger partial charge < -0.3 is 14.4 Å². The summed E-state index contributed by atoms with van der Waals surface area (Å²) >= 11 is 0. The van der Waals surface area contributed by atoms with Crippen molar-refractivity contribution in [2.45, 2.75) is 25.7 Å². The number of sulfonamides is 1. The molecule has 0 unspecified atom stereocenters. The van der Waals surface area contributed by atoms with Crippen LogP contribution in [0, 0.1) is 16.7 Å². The van der Waals surface area contributed by atoms with E-state index in [1.54, 1.807) is 12.1 Å². The Morgan fingerprint density at radius 1 is 1.21 bits per heavy atom. The molecule has 0 saturated carbocycles. The van der Waals surface area contributed by atoms with Gasteiger partial charge in [0.25, 0.3) is 10.0 Å². The van der Waals surface area contributed by atoms with Crippen molar-refractivity contribution in [2.24, 2.45) is 5.41 Å². The summed E-state index contributed by atoms with van der Waals surface area (Å²) in [5, 5.41) is 11.7. The molecule has 1 N–H and O–H groups in total. The van der Waals surface area contributed by atoms with Crippen molar-refractivity contribution in [1.29, 1.82) is 5.26 Å². The Bertz CT molecular complexity index is 1150. The van der Waals surface area contributed by atoms with E-state index in [2.05, 4.69) is 5.32 Å². The first-order valence-corrected chi connectivity index (χ1v) is 12.1. The molecule has 0 bridgehead atoms. The van der Waals surface area contributed by atoms with E-state index >= 15 is 0 Å². The number of fused-ring (bicyclic) bond motifs is 1. The molecule has 0 aliphatic carbocycles. The zero-order valence-electron chi connectivity index (χ0n) is 20.5. The van der Waals surface area contributed by atoms with Crippen LogP contribution in [0.1, 0.15) is 26.3 Å². The zero-order chi connectivity index (χ0) is 25.5. The van der Waals surface area contributed by atoms with E-state index < -0.39 is 16.1 Å². The predicted octanol–water partition coefficient (Wildman–Crippen LogP) is 3.92. The summed E-state index contributed by atoms with van der Waals surface area (Å²) in [7, 11) is 2.08. The molecule has 1 amide bonds. The molecule has 1 aliphatic heterocycles. The Kier molecular flexibility index (Phi) is 8.90. The molecule has 0 fully saturated rings. The van der Waals surface area contributed by atoms with Crippen LogP contribution in [0.4, 0.5) is 16.2 Å². The highest BCUT2D eigenvalue weighted by atomic mass is 32.2. The number of amides is 1. The van der Waals surface area contributed by atoms with Crippen molar-refractivity contribution in [2.75, 3.05) is 50.5 Å². The average molecular weight is 489 g/mol. The normalized spacial score (nSPS) is 13.1. The Labute approximate surface area is 201 Å². The third-order valence-corrected chi connectivity index (χ3v) is 6.02. The van der Waals surface area contributed by atoms with Crippen LogP contribution >= 0.6 is 0 Å². The van der Waals surface area contributed by atoms with Gasteiger partial charge in [-0.2, -0.15) is 5.26 Å². The van der Waals surface area contributed by atoms with Crippen LogP contribution in [-0.4, -0.2) is 60.3 Å². The SMILES string of the molecule is CC(C)(C)COC(=O)Nc1ccc2c(c1)N(S(=O)(=O)c1cccc(C#N)c1)CCO2.CN(C)C.